The fraction of sp³-hybridized carbons (Fsp3) is 0.364. The first-order valence-electron chi connectivity index (χ1n) is 14.0. The van der Waals surface area contributed by atoms with Crippen LogP contribution in [0.15, 0.2) is 72.8 Å². The smallest absolute Gasteiger partial charge is 0.222 e. The summed E-state index contributed by atoms with van der Waals surface area (Å²) in [5.41, 5.74) is 5.37. The molecule has 1 aliphatic rings. The molecule has 0 aliphatic carbocycles. The molecule has 0 spiro atoms. The van der Waals surface area contributed by atoms with Crippen LogP contribution < -0.4 is 0 Å². The van der Waals surface area contributed by atoms with Crippen molar-refractivity contribution in [3.8, 4) is 16.9 Å². The standard InChI is InChI=1S/C33H37FN2O3/c1-39-20-6-19-36-30-10-3-2-8-27(30)22-31(36)28-9-5-18-35(23-28)33(38)11-4-7-24-12-14-25(15-13-24)26-16-17-32(37)29(34)21-26/h2-3,8,10,12-17,21-22,28,37H,4-7,9,11,18-20,23H2,1H3. The number of likely N-dealkylation sites (tertiary alicyclic amines) is 1. The van der Waals surface area contributed by atoms with Gasteiger partial charge in [0.1, 0.15) is 0 Å². The Morgan fingerprint density at radius 1 is 1.03 bits per heavy atom. The Balaban J connectivity index is 1.18. The van der Waals surface area contributed by atoms with Gasteiger partial charge >= 0.3 is 0 Å². The zero-order chi connectivity index (χ0) is 27.2. The van der Waals surface area contributed by atoms with E-state index in [1.807, 2.05) is 24.3 Å². The lowest BCUT2D eigenvalue weighted by Crippen LogP contribution is -2.39. The fourth-order valence-corrected chi connectivity index (χ4v) is 5.78. The number of amides is 1. The van der Waals surface area contributed by atoms with Gasteiger partial charge in [-0.05, 0) is 78.4 Å². The van der Waals surface area contributed by atoms with E-state index in [9.17, 15) is 14.3 Å². The van der Waals surface area contributed by atoms with E-state index < -0.39 is 5.82 Å². The molecule has 0 saturated carbocycles. The van der Waals surface area contributed by atoms with Crippen molar-refractivity contribution in [2.75, 3.05) is 26.8 Å². The number of hydrogen-bond donors (Lipinski definition) is 1. The van der Waals surface area contributed by atoms with Gasteiger partial charge in [0.2, 0.25) is 5.91 Å². The normalized spacial score (nSPS) is 15.6. The molecule has 204 valence electrons. The van der Waals surface area contributed by atoms with Crippen LogP contribution in [0, 0.1) is 5.82 Å². The van der Waals surface area contributed by atoms with Crippen molar-refractivity contribution in [1.29, 1.82) is 0 Å². The number of aromatic nitrogens is 1. The first-order valence-corrected chi connectivity index (χ1v) is 14.0. The van der Waals surface area contributed by atoms with E-state index in [-0.39, 0.29) is 11.7 Å². The van der Waals surface area contributed by atoms with Crippen LogP contribution in [-0.4, -0.2) is 47.3 Å². The molecule has 1 unspecified atom stereocenters. The molecule has 1 amide bonds. The van der Waals surface area contributed by atoms with E-state index in [0.717, 1.165) is 75.0 Å². The van der Waals surface area contributed by atoms with Gasteiger partial charge in [0.25, 0.3) is 0 Å². The minimum Gasteiger partial charge on any atom is -0.505 e. The summed E-state index contributed by atoms with van der Waals surface area (Å²) in [6.07, 6.45) is 5.24. The number of carbonyl (C=O) groups is 1. The van der Waals surface area contributed by atoms with Crippen LogP contribution in [0.3, 0.4) is 0 Å². The predicted molar refractivity (Wildman–Crippen MR) is 153 cm³/mol. The van der Waals surface area contributed by atoms with Crippen LogP contribution in [-0.2, 0) is 22.5 Å². The average Bonchev–Trinajstić information content (AvgIpc) is 3.34. The van der Waals surface area contributed by atoms with Crippen molar-refractivity contribution in [1.82, 2.24) is 9.47 Å². The first kappa shape index (κ1) is 26.9. The minimum atomic E-state index is -0.623. The predicted octanol–water partition coefficient (Wildman–Crippen LogP) is 6.92. The Morgan fingerprint density at radius 2 is 1.82 bits per heavy atom. The summed E-state index contributed by atoms with van der Waals surface area (Å²) in [5, 5.41) is 10.7. The third kappa shape index (κ3) is 6.34. The van der Waals surface area contributed by atoms with Gasteiger partial charge in [0.15, 0.2) is 11.6 Å². The zero-order valence-electron chi connectivity index (χ0n) is 22.6. The Labute approximate surface area is 229 Å². The molecule has 6 heteroatoms. The van der Waals surface area contributed by atoms with Crippen LogP contribution in [0.25, 0.3) is 22.0 Å². The maximum absolute atomic E-state index is 13.7. The quantitative estimate of drug-likeness (QED) is 0.227. The lowest BCUT2D eigenvalue weighted by molar-refractivity contribution is -0.132. The molecule has 0 radical (unpaired) electrons. The number of piperidine rings is 1. The molecule has 0 bridgehead atoms. The van der Waals surface area contributed by atoms with E-state index in [0.29, 0.717) is 12.3 Å². The summed E-state index contributed by atoms with van der Waals surface area (Å²) in [6, 6.07) is 23.3. The molecule has 1 N–H and O–H groups in total. The van der Waals surface area contributed by atoms with Gasteiger partial charge in [0, 0.05) is 56.9 Å². The summed E-state index contributed by atoms with van der Waals surface area (Å²) in [4.78, 5) is 15.2. The SMILES string of the molecule is COCCCn1c(C2CCCN(C(=O)CCCc3ccc(-c4ccc(O)c(F)c4)cc3)C2)cc2ccccc21. The average molecular weight is 529 g/mol. The Morgan fingerprint density at radius 3 is 2.62 bits per heavy atom. The highest BCUT2D eigenvalue weighted by Gasteiger charge is 2.27. The molecule has 1 aliphatic heterocycles. The number of benzene rings is 3. The highest BCUT2D eigenvalue weighted by molar-refractivity contribution is 5.81. The number of para-hydroxylation sites is 1. The second-order valence-electron chi connectivity index (χ2n) is 10.5. The third-order valence-electron chi connectivity index (χ3n) is 7.86. The van der Waals surface area contributed by atoms with E-state index in [2.05, 4.69) is 39.8 Å². The number of rotatable bonds is 10. The molecule has 5 rings (SSSR count). The van der Waals surface area contributed by atoms with E-state index in [4.69, 9.17) is 4.74 Å². The van der Waals surface area contributed by atoms with Crippen LogP contribution in [0.1, 0.15) is 49.3 Å². The second-order valence-corrected chi connectivity index (χ2v) is 10.5. The molecule has 1 atom stereocenters. The summed E-state index contributed by atoms with van der Waals surface area (Å²) in [5.74, 6) is -0.389. The number of aromatic hydroxyl groups is 1. The molecule has 2 heterocycles. The molecular weight excluding hydrogens is 491 g/mol. The van der Waals surface area contributed by atoms with E-state index in [1.54, 1.807) is 13.2 Å². The van der Waals surface area contributed by atoms with E-state index in [1.165, 1.54) is 28.7 Å². The van der Waals surface area contributed by atoms with Crippen LogP contribution in [0.4, 0.5) is 4.39 Å². The topological polar surface area (TPSA) is 54.7 Å². The van der Waals surface area contributed by atoms with Crippen LogP contribution >= 0.6 is 0 Å². The number of aryl methyl sites for hydroxylation is 2. The number of nitrogens with zero attached hydrogens (tertiary/aromatic N) is 2. The third-order valence-corrected chi connectivity index (χ3v) is 7.86. The van der Waals surface area contributed by atoms with Crippen molar-refractivity contribution >= 4 is 16.8 Å². The highest BCUT2D eigenvalue weighted by atomic mass is 19.1. The number of phenolic OH excluding ortho intramolecular Hbond substituents is 1. The number of carbonyl (C=O) groups excluding carboxylic acids is 1. The number of phenols is 1. The lowest BCUT2D eigenvalue weighted by Gasteiger charge is -2.33. The molecule has 4 aromatic rings. The molecule has 1 fully saturated rings. The van der Waals surface area contributed by atoms with Crippen LogP contribution in [0.2, 0.25) is 0 Å². The summed E-state index contributed by atoms with van der Waals surface area (Å²) in [7, 11) is 1.74. The molecule has 5 nitrogen and oxygen atoms in total. The van der Waals surface area contributed by atoms with Crippen LogP contribution in [0.5, 0.6) is 5.75 Å². The largest absolute Gasteiger partial charge is 0.505 e. The number of ether oxygens (including phenoxy) is 1. The maximum atomic E-state index is 13.7. The summed E-state index contributed by atoms with van der Waals surface area (Å²) < 4.78 is 21.4. The molecule has 1 saturated heterocycles. The maximum Gasteiger partial charge on any atom is 0.222 e. The summed E-state index contributed by atoms with van der Waals surface area (Å²) >= 11 is 0. The highest BCUT2D eigenvalue weighted by Crippen LogP contribution is 2.32. The van der Waals surface area contributed by atoms with Gasteiger partial charge in [-0.2, -0.15) is 0 Å². The number of hydrogen-bond acceptors (Lipinski definition) is 3. The molecular formula is C33H37FN2O3. The van der Waals surface area contributed by atoms with Gasteiger partial charge in [0.05, 0.1) is 0 Å². The zero-order valence-corrected chi connectivity index (χ0v) is 22.6. The first-order chi connectivity index (χ1) is 19.0. The number of halogens is 1. The van der Waals surface area contributed by atoms with Crippen molar-refractivity contribution in [3.05, 3.63) is 89.9 Å². The van der Waals surface area contributed by atoms with Crippen molar-refractivity contribution < 1.29 is 19.0 Å². The van der Waals surface area contributed by atoms with Crippen molar-refractivity contribution in [3.63, 3.8) is 0 Å². The van der Waals surface area contributed by atoms with Gasteiger partial charge < -0.3 is 19.3 Å². The lowest BCUT2D eigenvalue weighted by atomic mass is 9.94. The van der Waals surface area contributed by atoms with Gasteiger partial charge in [-0.15, -0.1) is 0 Å². The fourth-order valence-electron chi connectivity index (χ4n) is 5.78. The van der Waals surface area contributed by atoms with Crippen molar-refractivity contribution in [2.45, 2.75) is 51.0 Å². The molecule has 39 heavy (non-hydrogen) atoms. The second kappa shape index (κ2) is 12.5. The van der Waals surface area contributed by atoms with Gasteiger partial charge in [-0.1, -0.05) is 48.5 Å². The van der Waals surface area contributed by atoms with E-state index >= 15 is 0 Å². The Hall–Kier alpha value is -3.64. The monoisotopic (exact) mass is 528 g/mol. The Bertz CT molecular complexity index is 1410. The number of fused-ring (bicyclic) bond motifs is 1. The molecule has 3 aromatic carbocycles. The summed E-state index contributed by atoms with van der Waals surface area (Å²) in [6.45, 7) is 3.26. The Kier molecular flexibility index (Phi) is 8.62. The minimum absolute atomic E-state index is 0.234. The number of methoxy groups -OCH3 is 1. The van der Waals surface area contributed by atoms with Gasteiger partial charge in [-0.25, -0.2) is 4.39 Å². The van der Waals surface area contributed by atoms with Crippen molar-refractivity contribution in [2.24, 2.45) is 0 Å². The molecule has 1 aromatic heterocycles. The van der Waals surface area contributed by atoms with Gasteiger partial charge in [-0.3, -0.25) is 4.79 Å².